The Bertz CT molecular complexity index is 1910. The Morgan fingerprint density at radius 3 is 2.48 bits per heavy atom. The molecule has 0 saturated heterocycles. The number of aryl methyl sites for hydroxylation is 1. The molecule has 5 aromatic rings. The van der Waals surface area contributed by atoms with Crippen LogP contribution in [0.15, 0.2) is 113 Å². The van der Waals surface area contributed by atoms with Crippen LogP contribution in [0.5, 0.6) is 5.75 Å². The van der Waals surface area contributed by atoms with Crippen molar-refractivity contribution in [2.24, 2.45) is 9.98 Å². The lowest BCUT2D eigenvalue weighted by Crippen LogP contribution is -2.46. The number of nitro benzene ring substituents is 1. The van der Waals surface area contributed by atoms with Crippen LogP contribution in [0.25, 0.3) is 5.69 Å². The summed E-state index contributed by atoms with van der Waals surface area (Å²) in [6.07, 6.45) is 0. The molecule has 3 heterocycles. The number of nitrogens with one attached hydrogen (secondary N) is 1. The molecule has 1 atom stereocenters. The van der Waals surface area contributed by atoms with Crippen molar-refractivity contribution >= 4 is 40.2 Å². The fourth-order valence-corrected chi connectivity index (χ4v) is 5.55. The molecule has 1 N–H and O–H groups in total. The van der Waals surface area contributed by atoms with Crippen LogP contribution in [0.3, 0.4) is 0 Å². The number of methoxy groups -OCH3 is 1. The number of anilines is 2. The van der Waals surface area contributed by atoms with Crippen molar-refractivity contribution < 1.29 is 9.66 Å². The van der Waals surface area contributed by atoms with Crippen molar-refractivity contribution in [3.63, 3.8) is 0 Å². The Kier molecular flexibility index (Phi) is 6.01. The summed E-state index contributed by atoms with van der Waals surface area (Å²) < 4.78 is 7.43. The van der Waals surface area contributed by atoms with Crippen LogP contribution in [-0.2, 0) is 0 Å². The molecule has 0 amide bonds. The van der Waals surface area contributed by atoms with E-state index in [9.17, 15) is 10.1 Å². The van der Waals surface area contributed by atoms with Crippen molar-refractivity contribution in [1.82, 2.24) is 9.78 Å². The second-order valence-corrected chi connectivity index (χ2v) is 9.90. The van der Waals surface area contributed by atoms with E-state index in [1.54, 1.807) is 19.2 Å². The van der Waals surface area contributed by atoms with Crippen LogP contribution in [0.1, 0.15) is 22.9 Å². The Morgan fingerprint density at radius 1 is 0.905 bits per heavy atom. The van der Waals surface area contributed by atoms with Gasteiger partial charge in [0.1, 0.15) is 5.75 Å². The highest BCUT2D eigenvalue weighted by molar-refractivity contribution is 6.51. The average molecular weight is 556 g/mol. The molecule has 0 radical (unpaired) electrons. The van der Waals surface area contributed by atoms with Gasteiger partial charge in [-0.05, 0) is 48.9 Å². The van der Waals surface area contributed by atoms with Crippen LogP contribution >= 0.6 is 0 Å². The standard InChI is InChI=1S/C32H25N7O3/c1-20-28-29(21-11-10-14-23(19-21)39(40)41)37-26-17-8-6-15-24(26)33-30(34-25-16-7-9-18-27(25)42-2)32(37)35-31(28)38(36-20)22-12-4-3-5-13-22/h3-19,29H,1-2H3,(H,33,34)/t29-/m0/s1. The van der Waals surface area contributed by atoms with E-state index in [2.05, 4.69) is 10.2 Å². The topological polar surface area (TPSA) is 110 Å². The van der Waals surface area contributed by atoms with Gasteiger partial charge in [-0.25, -0.2) is 14.7 Å². The first-order valence-corrected chi connectivity index (χ1v) is 13.4. The summed E-state index contributed by atoms with van der Waals surface area (Å²) in [5.74, 6) is 2.36. The van der Waals surface area contributed by atoms with E-state index in [1.165, 1.54) is 6.07 Å². The van der Waals surface area contributed by atoms with Gasteiger partial charge in [-0.1, -0.05) is 54.6 Å². The maximum absolute atomic E-state index is 11.8. The predicted octanol–water partition coefficient (Wildman–Crippen LogP) is 6.89. The number of amidine groups is 2. The lowest BCUT2D eigenvalue weighted by Gasteiger charge is -2.40. The van der Waals surface area contributed by atoms with E-state index in [0.717, 1.165) is 39.6 Å². The maximum Gasteiger partial charge on any atom is 0.269 e. The molecule has 2 aliphatic heterocycles. The van der Waals surface area contributed by atoms with Crippen LogP contribution in [0, 0.1) is 17.0 Å². The highest BCUT2D eigenvalue weighted by Crippen LogP contribution is 2.48. The minimum Gasteiger partial charge on any atom is -0.495 e. The largest absolute Gasteiger partial charge is 0.495 e. The number of nitrogens with zero attached hydrogens (tertiary/aromatic N) is 6. The van der Waals surface area contributed by atoms with Gasteiger partial charge in [0.2, 0.25) is 0 Å². The molecule has 0 spiro atoms. The van der Waals surface area contributed by atoms with Gasteiger partial charge in [-0.2, -0.15) is 5.10 Å². The number of benzene rings is 4. The molecule has 0 fully saturated rings. The summed E-state index contributed by atoms with van der Waals surface area (Å²) in [5, 5.41) is 20.2. The number of rotatable bonds is 5. The fraction of sp³-hybridized carbons (Fsp3) is 0.0938. The molecule has 0 saturated carbocycles. The summed E-state index contributed by atoms with van der Waals surface area (Å²) in [5.41, 5.74) is 5.52. The Labute approximate surface area is 241 Å². The normalized spacial score (nSPS) is 15.1. The molecular formula is C32H25N7O3. The molecule has 0 unspecified atom stereocenters. The van der Waals surface area contributed by atoms with Crippen molar-refractivity contribution in [1.29, 1.82) is 0 Å². The monoisotopic (exact) mass is 555 g/mol. The van der Waals surface area contributed by atoms with Crippen molar-refractivity contribution in [3.8, 4) is 11.4 Å². The average Bonchev–Trinajstić information content (AvgIpc) is 3.36. The van der Waals surface area contributed by atoms with Gasteiger partial charge in [0.05, 0.1) is 46.5 Å². The molecular weight excluding hydrogens is 530 g/mol. The van der Waals surface area contributed by atoms with Gasteiger partial charge in [-0.15, -0.1) is 0 Å². The number of ether oxygens (including phenoxy) is 1. The summed E-state index contributed by atoms with van der Waals surface area (Å²) in [4.78, 5) is 23.8. The van der Waals surface area contributed by atoms with Crippen molar-refractivity contribution in [2.45, 2.75) is 13.0 Å². The van der Waals surface area contributed by atoms with Gasteiger partial charge in [0, 0.05) is 17.7 Å². The van der Waals surface area contributed by atoms with Crippen LogP contribution in [-0.4, -0.2) is 33.5 Å². The van der Waals surface area contributed by atoms with Crippen LogP contribution < -0.4 is 15.0 Å². The predicted molar refractivity (Wildman–Crippen MR) is 163 cm³/mol. The van der Waals surface area contributed by atoms with E-state index >= 15 is 0 Å². The first-order chi connectivity index (χ1) is 20.5. The third-order valence-corrected chi connectivity index (χ3v) is 7.40. The molecule has 0 bridgehead atoms. The Hall–Kier alpha value is -5.77. The number of aliphatic imine (C=N–C) groups is 2. The zero-order chi connectivity index (χ0) is 28.8. The summed E-state index contributed by atoms with van der Waals surface area (Å²) in [7, 11) is 1.62. The van der Waals surface area contributed by atoms with Gasteiger partial charge in [0.15, 0.2) is 17.5 Å². The van der Waals surface area contributed by atoms with Gasteiger partial charge in [0.25, 0.3) is 5.69 Å². The third kappa shape index (κ3) is 4.08. The molecule has 2 aliphatic rings. The molecule has 4 aromatic carbocycles. The second-order valence-electron chi connectivity index (χ2n) is 9.90. The molecule has 42 heavy (non-hydrogen) atoms. The minimum absolute atomic E-state index is 0.0116. The molecule has 7 rings (SSSR count). The van der Waals surface area contributed by atoms with E-state index < -0.39 is 6.04 Å². The summed E-state index contributed by atoms with van der Waals surface area (Å²) >= 11 is 0. The smallest absolute Gasteiger partial charge is 0.269 e. The number of hydrogen-bond donors (Lipinski definition) is 1. The van der Waals surface area contributed by atoms with Gasteiger partial charge >= 0.3 is 0 Å². The SMILES string of the molecule is COc1ccccc1NC1=Nc2ccccc2N2C1=Nc1c(c(C)nn1-c1ccccc1)[C@@H]2c1cccc([N+](=O)[O-])c1. The maximum atomic E-state index is 11.8. The number of nitro groups is 1. The number of non-ortho nitro benzene ring substituents is 1. The molecule has 1 aromatic heterocycles. The number of aromatic nitrogens is 2. The molecule has 0 aliphatic carbocycles. The zero-order valence-corrected chi connectivity index (χ0v) is 22.8. The summed E-state index contributed by atoms with van der Waals surface area (Å²) in [6, 6.07) is 31.5. The third-order valence-electron chi connectivity index (χ3n) is 7.40. The summed E-state index contributed by atoms with van der Waals surface area (Å²) in [6.45, 7) is 1.95. The first-order valence-electron chi connectivity index (χ1n) is 13.4. The lowest BCUT2D eigenvalue weighted by molar-refractivity contribution is -0.384. The van der Waals surface area contributed by atoms with Crippen LogP contribution in [0.4, 0.5) is 28.6 Å². The molecule has 10 heteroatoms. The molecule has 10 nitrogen and oxygen atoms in total. The Morgan fingerprint density at radius 2 is 1.67 bits per heavy atom. The first kappa shape index (κ1) is 25.2. The van der Waals surface area contributed by atoms with E-state index in [-0.39, 0.29) is 10.6 Å². The fourth-order valence-electron chi connectivity index (χ4n) is 5.55. The van der Waals surface area contributed by atoms with E-state index in [4.69, 9.17) is 19.8 Å². The lowest BCUT2D eigenvalue weighted by atomic mass is 9.93. The van der Waals surface area contributed by atoms with Crippen LogP contribution in [0.2, 0.25) is 0 Å². The quantitative estimate of drug-likeness (QED) is 0.187. The minimum atomic E-state index is -0.476. The van der Waals surface area contributed by atoms with Gasteiger partial charge < -0.3 is 15.0 Å². The number of fused-ring (bicyclic) bond motifs is 4. The van der Waals surface area contributed by atoms with Crippen molar-refractivity contribution in [3.05, 3.63) is 130 Å². The Balaban J connectivity index is 1.51. The van der Waals surface area contributed by atoms with E-state index in [1.807, 2.05) is 96.5 Å². The van der Waals surface area contributed by atoms with Crippen molar-refractivity contribution in [2.75, 3.05) is 17.3 Å². The highest BCUT2D eigenvalue weighted by Gasteiger charge is 2.42. The highest BCUT2D eigenvalue weighted by atomic mass is 16.6. The van der Waals surface area contributed by atoms with Gasteiger partial charge in [-0.3, -0.25) is 10.1 Å². The number of hydrogen-bond acceptors (Lipinski definition) is 8. The van der Waals surface area contributed by atoms with E-state index in [0.29, 0.717) is 23.2 Å². The number of para-hydroxylation sites is 5. The second kappa shape index (κ2) is 10.0. The zero-order valence-electron chi connectivity index (χ0n) is 22.8. The molecule has 206 valence electrons.